The van der Waals surface area contributed by atoms with Crippen molar-refractivity contribution < 1.29 is 0 Å². The van der Waals surface area contributed by atoms with Gasteiger partial charge in [-0.3, -0.25) is 0 Å². The Kier molecular flexibility index (Phi) is 1.51. The fraction of sp³-hybridized carbons (Fsp3) is 0.200. The van der Waals surface area contributed by atoms with E-state index in [1.807, 2.05) is 0 Å². The molecule has 1 heterocycles. The zero-order valence-corrected chi connectivity index (χ0v) is 4.41. The first kappa shape index (κ1) is 5.15. The predicted octanol–water partition coefficient (Wildman–Crippen LogP) is 0.248. The summed E-state index contributed by atoms with van der Waals surface area (Å²) in [5.41, 5.74) is 0.875. The molecule has 1 aromatic heterocycles. The van der Waals surface area contributed by atoms with Crippen LogP contribution >= 0.6 is 0 Å². The molecular weight excluding hydrogens is 102 g/mol. The Labute approximate surface area is 47.8 Å². The maximum absolute atomic E-state index is 3.86. The van der Waals surface area contributed by atoms with Crippen molar-refractivity contribution in [1.29, 1.82) is 0 Å². The standard InChI is InChI=1S/C5H6N3/c1-2-5-3-7-8-4-6-5/h3-4H,1-2H2. The number of rotatable bonds is 1. The summed E-state index contributed by atoms with van der Waals surface area (Å²) in [6.45, 7) is 3.63. The van der Waals surface area contributed by atoms with Crippen molar-refractivity contribution in [3.05, 3.63) is 25.1 Å². The smallest absolute Gasteiger partial charge is 0.138 e. The quantitative estimate of drug-likeness (QED) is 0.517. The van der Waals surface area contributed by atoms with Gasteiger partial charge < -0.3 is 0 Å². The van der Waals surface area contributed by atoms with E-state index in [1.54, 1.807) is 6.20 Å². The normalized spacial score (nSPS) is 9.12. The van der Waals surface area contributed by atoms with Crippen molar-refractivity contribution >= 4 is 0 Å². The first-order valence-corrected chi connectivity index (χ1v) is 2.34. The summed E-state index contributed by atoms with van der Waals surface area (Å²) in [6, 6.07) is 0. The summed E-state index contributed by atoms with van der Waals surface area (Å²) >= 11 is 0. The fourth-order valence-corrected chi connectivity index (χ4v) is 0.392. The highest BCUT2D eigenvalue weighted by Crippen LogP contribution is 1.85. The number of hydrogen-bond acceptors (Lipinski definition) is 3. The second-order valence-corrected chi connectivity index (χ2v) is 1.35. The Morgan fingerprint density at radius 2 is 2.38 bits per heavy atom. The lowest BCUT2D eigenvalue weighted by Crippen LogP contribution is -1.88. The molecule has 0 aliphatic carbocycles. The van der Waals surface area contributed by atoms with Gasteiger partial charge in [0, 0.05) is 0 Å². The topological polar surface area (TPSA) is 38.7 Å². The molecule has 0 spiro atoms. The highest BCUT2D eigenvalue weighted by atomic mass is 15.1. The van der Waals surface area contributed by atoms with Gasteiger partial charge in [-0.1, -0.05) is 0 Å². The van der Waals surface area contributed by atoms with E-state index < -0.39 is 0 Å². The average Bonchev–Trinajstić information content (AvgIpc) is 1.90. The minimum Gasteiger partial charge on any atom is -0.238 e. The van der Waals surface area contributed by atoms with Crippen molar-refractivity contribution in [3.63, 3.8) is 0 Å². The van der Waals surface area contributed by atoms with E-state index >= 15 is 0 Å². The third kappa shape index (κ3) is 0.992. The molecule has 1 radical (unpaired) electrons. The summed E-state index contributed by atoms with van der Waals surface area (Å²) in [5, 5.41) is 7.11. The molecular formula is C5H6N3. The Balaban J connectivity index is 2.83. The van der Waals surface area contributed by atoms with Gasteiger partial charge in [-0.15, -0.1) is 5.10 Å². The summed E-state index contributed by atoms with van der Waals surface area (Å²) in [7, 11) is 0. The molecule has 41 valence electrons. The van der Waals surface area contributed by atoms with Crippen LogP contribution in [-0.2, 0) is 6.42 Å². The molecule has 3 heteroatoms. The molecule has 0 atom stereocenters. The van der Waals surface area contributed by atoms with Crippen LogP contribution in [0, 0.1) is 6.92 Å². The molecule has 1 aromatic rings. The Morgan fingerprint density at radius 1 is 1.50 bits per heavy atom. The van der Waals surface area contributed by atoms with E-state index in [0.29, 0.717) is 6.42 Å². The van der Waals surface area contributed by atoms with Crippen LogP contribution in [0.3, 0.4) is 0 Å². The fourth-order valence-electron chi connectivity index (χ4n) is 0.392. The van der Waals surface area contributed by atoms with Crippen LogP contribution in [-0.4, -0.2) is 15.2 Å². The molecule has 0 bridgehead atoms. The van der Waals surface area contributed by atoms with Crippen molar-refractivity contribution in [2.24, 2.45) is 0 Å². The van der Waals surface area contributed by atoms with E-state index in [-0.39, 0.29) is 0 Å². The van der Waals surface area contributed by atoms with E-state index in [2.05, 4.69) is 22.1 Å². The molecule has 0 N–H and O–H groups in total. The predicted molar refractivity (Wildman–Crippen MR) is 28.9 cm³/mol. The molecule has 0 aliphatic rings. The highest BCUT2D eigenvalue weighted by Gasteiger charge is 1.84. The van der Waals surface area contributed by atoms with Gasteiger partial charge in [0.25, 0.3) is 0 Å². The lowest BCUT2D eigenvalue weighted by Gasteiger charge is -1.86. The molecule has 0 fully saturated rings. The van der Waals surface area contributed by atoms with Crippen molar-refractivity contribution in [1.82, 2.24) is 15.2 Å². The molecule has 8 heavy (non-hydrogen) atoms. The van der Waals surface area contributed by atoms with Gasteiger partial charge in [0.1, 0.15) is 6.33 Å². The van der Waals surface area contributed by atoms with E-state index in [1.165, 1.54) is 6.33 Å². The van der Waals surface area contributed by atoms with Crippen LogP contribution < -0.4 is 0 Å². The second kappa shape index (κ2) is 2.35. The highest BCUT2D eigenvalue weighted by molar-refractivity contribution is 4.91. The minimum absolute atomic E-state index is 0.676. The SMILES string of the molecule is [CH2]Cc1cnncn1. The average molecular weight is 108 g/mol. The number of aromatic nitrogens is 3. The Bertz CT molecular complexity index is 149. The second-order valence-electron chi connectivity index (χ2n) is 1.35. The molecule has 0 amide bonds. The number of nitrogens with zero attached hydrogens (tertiary/aromatic N) is 3. The molecule has 0 saturated heterocycles. The van der Waals surface area contributed by atoms with Crippen molar-refractivity contribution in [2.45, 2.75) is 6.42 Å². The van der Waals surface area contributed by atoms with Gasteiger partial charge in [0.05, 0.1) is 11.9 Å². The van der Waals surface area contributed by atoms with Gasteiger partial charge in [-0.2, -0.15) is 5.10 Å². The molecule has 0 aliphatic heterocycles. The first-order valence-electron chi connectivity index (χ1n) is 2.34. The Morgan fingerprint density at radius 3 is 2.75 bits per heavy atom. The Hall–Kier alpha value is -0.990. The van der Waals surface area contributed by atoms with E-state index in [0.717, 1.165) is 5.69 Å². The zero-order chi connectivity index (χ0) is 5.82. The summed E-state index contributed by atoms with van der Waals surface area (Å²) in [5.74, 6) is 0. The van der Waals surface area contributed by atoms with Crippen LogP contribution in [0.2, 0.25) is 0 Å². The minimum atomic E-state index is 0.676. The first-order chi connectivity index (χ1) is 3.93. The molecule has 0 saturated carbocycles. The van der Waals surface area contributed by atoms with Gasteiger partial charge in [0.2, 0.25) is 0 Å². The van der Waals surface area contributed by atoms with Gasteiger partial charge in [-0.05, 0) is 13.3 Å². The van der Waals surface area contributed by atoms with Crippen LogP contribution in [0.1, 0.15) is 5.69 Å². The van der Waals surface area contributed by atoms with Crippen LogP contribution in [0.4, 0.5) is 0 Å². The zero-order valence-electron chi connectivity index (χ0n) is 4.41. The lowest BCUT2D eigenvalue weighted by atomic mass is 10.4. The summed E-state index contributed by atoms with van der Waals surface area (Å²) in [4.78, 5) is 3.86. The lowest BCUT2D eigenvalue weighted by molar-refractivity contribution is 0.918. The van der Waals surface area contributed by atoms with Crippen LogP contribution in [0.5, 0.6) is 0 Å². The van der Waals surface area contributed by atoms with Gasteiger partial charge in [0.15, 0.2) is 0 Å². The van der Waals surface area contributed by atoms with E-state index in [4.69, 9.17) is 0 Å². The molecule has 1 rings (SSSR count). The van der Waals surface area contributed by atoms with Crippen LogP contribution in [0.25, 0.3) is 0 Å². The molecule has 3 nitrogen and oxygen atoms in total. The number of hydrogen-bond donors (Lipinski definition) is 0. The maximum Gasteiger partial charge on any atom is 0.138 e. The van der Waals surface area contributed by atoms with E-state index in [9.17, 15) is 0 Å². The third-order valence-corrected chi connectivity index (χ3v) is 0.805. The van der Waals surface area contributed by atoms with Gasteiger partial charge >= 0.3 is 0 Å². The van der Waals surface area contributed by atoms with Crippen LogP contribution in [0.15, 0.2) is 12.5 Å². The maximum atomic E-state index is 3.86. The monoisotopic (exact) mass is 108 g/mol. The van der Waals surface area contributed by atoms with Gasteiger partial charge in [-0.25, -0.2) is 4.98 Å². The third-order valence-electron chi connectivity index (χ3n) is 0.805. The largest absolute Gasteiger partial charge is 0.238 e. The van der Waals surface area contributed by atoms with Crippen molar-refractivity contribution in [2.75, 3.05) is 0 Å². The van der Waals surface area contributed by atoms with Crippen molar-refractivity contribution in [3.8, 4) is 0 Å². The summed E-state index contributed by atoms with van der Waals surface area (Å²) in [6.07, 6.45) is 3.70. The molecule has 0 aromatic carbocycles. The summed E-state index contributed by atoms with van der Waals surface area (Å²) < 4.78 is 0. The molecule has 0 unspecified atom stereocenters.